The summed E-state index contributed by atoms with van der Waals surface area (Å²) in [6, 6.07) is 9.25. The molecule has 0 aliphatic heterocycles. The van der Waals surface area contributed by atoms with Crippen molar-refractivity contribution < 1.29 is 8.78 Å². The molecular formula is C18H12F2N4. The van der Waals surface area contributed by atoms with Gasteiger partial charge in [-0.25, -0.2) is 13.8 Å². The summed E-state index contributed by atoms with van der Waals surface area (Å²) < 4.78 is 27.2. The molecule has 0 radical (unpaired) electrons. The zero-order chi connectivity index (χ0) is 16.5. The standard InChI is InChI=1S/C18H12F2N4/c19-12-4-1-11(2-5-12)3-6-16-14-9-13(18-21-7-8-22-18)15(20)10-17(14)24-23-16/h1-10H,(H,21,22)(H,23,24). The van der Waals surface area contributed by atoms with Crippen molar-refractivity contribution >= 4 is 23.1 Å². The Morgan fingerprint density at radius 1 is 1.00 bits per heavy atom. The summed E-state index contributed by atoms with van der Waals surface area (Å²) in [5.74, 6) is -0.199. The Kier molecular flexibility index (Phi) is 3.42. The second-order valence-electron chi connectivity index (χ2n) is 5.31. The van der Waals surface area contributed by atoms with Crippen molar-refractivity contribution in [3.8, 4) is 11.4 Å². The molecule has 2 heterocycles. The molecular weight excluding hydrogens is 310 g/mol. The van der Waals surface area contributed by atoms with Gasteiger partial charge in [0.2, 0.25) is 0 Å². The second kappa shape index (κ2) is 5.73. The first kappa shape index (κ1) is 14.3. The van der Waals surface area contributed by atoms with Crippen LogP contribution in [0, 0.1) is 11.6 Å². The third kappa shape index (κ3) is 2.58. The van der Waals surface area contributed by atoms with Gasteiger partial charge in [-0.1, -0.05) is 18.2 Å². The molecule has 2 aromatic carbocycles. The maximum atomic E-state index is 14.2. The van der Waals surface area contributed by atoms with Gasteiger partial charge in [0, 0.05) is 23.8 Å². The van der Waals surface area contributed by atoms with Crippen molar-refractivity contribution in [3.63, 3.8) is 0 Å². The quantitative estimate of drug-likeness (QED) is 0.587. The van der Waals surface area contributed by atoms with E-state index in [-0.39, 0.29) is 11.6 Å². The van der Waals surface area contributed by atoms with E-state index < -0.39 is 0 Å². The molecule has 0 fully saturated rings. The van der Waals surface area contributed by atoms with Gasteiger partial charge in [0.1, 0.15) is 17.5 Å². The lowest BCUT2D eigenvalue weighted by molar-refractivity contribution is 0.627. The fraction of sp³-hybridized carbons (Fsp3) is 0. The van der Waals surface area contributed by atoms with Crippen LogP contribution in [0.1, 0.15) is 11.3 Å². The van der Waals surface area contributed by atoms with E-state index in [9.17, 15) is 8.78 Å². The molecule has 2 aromatic heterocycles. The fourth-order valence-corrected chi connectivity index (χ4v) is 2.53. The Labute approximate surface area is 135 Å². The monoisotopic (exact) mass is 322 g/mol. The molecule has 0 unspecified atom stereocenters. The van der Waals surface area contributed by atoms with Crippen LogP contribution in [-0.4, -0.2) is 20.2 Å². The number of nitrogens with zero attached hydrogens (tertiary/aromatic N) is 2. The predicted molar refractivity (Wildman–Crippen MR) is 89.0 cm³/mol. The van der Waals surface area contributed by atoms with Gasteiger partial charge in [-0.3, -0.25) is 5.10 Å². The van der Waals surface area contributed by atoms with E-state index in [1.54, 1.807) is 36.7 Å². The molecule has 0 aliphatic rings. The van der Waals surface area contributed by atoms with Crippen LogP contribution in [0.5, 0.6) is 0 Å². The van der Waals surface area contributed by atoms with Gasteiger partial charge >= 0.3 is 0 Å². The van der Waals surface area contributed by atoms with Gasteiger partial charge in [-0.2, -0.15) is 5.10 Å². The second-order valence-corrected chi connectivity index (χ2v) is 5.31. The largest absolute Gasteiger partial charge is 0.345 e. The van der Waals surface area contributed by atoms with Crippen LogP contribution >= 0.6 is 0 Å². The Morgan fingerprint density at radius 2 is 1.83 bits per heavy atom. The highest BCUT2D eigenvalue weighted by Crippen LogP contribution is 2.27. The minimum absolute atomic E-state index is 0.282. The molecule has 0 saturated carbocycles. The number of aromatic amines is 2. The number of hydrogen-bond donors (Lipinski definition) is 2. The van der Waals surface area contributed by atoms with Crippen molar-refractivity contribution in [2.75, 3.05) is 0 Å². The highest BCUT2D eigenvalue weighted by atomic mass is 19.1. The average molecular weight is 322 g/mol. The first-order chi connectivity index (χ1) is 11.7. The molecule has 0 aliphatic carbocycles. The summed E-state index contributed by atoms with van der Waals surface area (Å²) >= 11 is 0. The lowest BCUT2D eigenvalue weighted by atomic mass is 10.1. The van der Waals surface area contributed by atoms with Crippen LogP contribution in [0.3, 0.4) is 0 Å². The predicted octanol–water partition coefficient (Wildman–Crippen LogP) is 4.40. The number of imidazole rings is 1. The maximum absolute atomic E-state index is 14.2. The van der Waals surface area contributed by atoms with Crippen LogP contribution < -0.4 is 0 Å². The number of benzene rings is 2. The van der Waals surface area contributed by atoms with E-state index >= 15 is 0 Å². The van der Waals surface area contributed by atoms with Gasteiger partial charge in [0.15, 0.2) is 0 Å². The molecule has 6 heteroatoms. The van der Waals surface area contributed by atoms with E-state index in [0.717, 1.165) is 10.9 Å². The molecule has 2 N–H and O–H groups in total. The summed E-state index contributed by atoms with van der Waals surface area (Å²) in [4.78, 5) is 6.99. The average Bonchev–Trinajstić information content (AvgIpc) is 3.23. The molecule has 4 aromatic rings. The normalized spacial score (nSPS) is 11.6. The zero-order valence-electron chi connectivity index (χ0n) is 12.4. The third-order valence-electron chi connectivity index (χ3n) is 3.74. The first-order valence-electron chi connectivity index (χ1n) is 7.32. The van der Waals surface area contributed by atoms with E-state index in [1.165, 1.54) is 18.2 Å². The van der Waals surface area contributed by atoms with Crippen LogP contribution in [0.25, 0.3) is 34.4 Å². The van der Waals surface area contributed by atoms with E-state index in [1.807, 2.05) is 6.08 Å². The number of rotatable bonds is 3. The smallest absolute Gasteiger partial charge is 0.140 e. The number of H-pyrrole nitrogens is 2. The molecule has 4 rings (SSSR count). The summed E-state index contributed by atoms with van der Waals surface area (Å²) in [6.07, 6.45) is 6.84. The Morgan fingerprint density at radius 3 is 2.58 bits per heavy atom. The number of fused-ring (bicyclic) bond motifs is 1. The Bertz CT molecular complexity index is 1020. The Balaban J connectivity index is 1.76. The Hall–Kier alpha value is -3.28. The molecule has 4 nitrogen and oxygen atoms in total. The zero-order valence-corrected chi connectivity index (χ0v) is 12.4. The fourth-order valence-electron chi connectivity index (χ4n) is 2.53. The van der Waals surface area contributed by atoms with Crippen LogP contribution in [0.15, 0.2) is 48.8 Å². The maximum Gasteiger partial charge on any atom is 0.140 e. The van der Waals surface area contributed by atoms with Crippen molar-refractivity contribution in [2.24, 2.45) is 0 Å². The lowest BCUT2D eigenvalue weighted by Crippen LogP contribution is -1.87. The minimum atomic E-state index is -0.379. The van der Waals surface area contributed by atoms with Crippen molar-refractivity contribution in [1.29, 1.82) is 0 Å². The van der Waals surface area contributed by atoms with Crippen molar-refractivity contribution in [1.82, 2.24) is 20.2 Å². The third-order valence-corrected chi connectivity index (χ3v) is 3.74. The molecule has 0 bridgehead atoms. The number of nitrogens with one attached hydrogen (secondary N) is 2. The van der Waals surface area contributed by atoms with Crippen LogP contribution in [0.2, 0.25) is 0 Å². The summed E-state index contributed by atoms with van der Waals surface area (Å²) in [5.41, 5.74) is 2.50. The van der Waals surface area contributed by atoms with Crippen LogP contribution in [0.4, 0.5) is 8.78 Å². The van der Waals surface area contributed by atoms with Crippen molar-refractivity contribution in [3.05, 3.63) is 71.7 Å². The van der Waals surface area contributed by atoms with Gasteiger partial charge in [0.05, 0.1) is 16.8 Å². The highest BCUT2D eigenvalue weighted by molar-refractivity contribution is 5.92. The van der Waals surface area contributed by atoms with E-state index in [0.29, 0.717) is 22.6 Å². The van der Waals surface area contributed by atoms with E-state index in [2.05, 4.69) is 20.2 Å². The number of aromatic nitrogens is 4. The number of hydrogen-bond acceptors (Lipinski definition) is 2. The first-order valence-corrected chi connectivity index (χ1v) is 7.32. The summed E-state index contributed by atoms with van der Waals surface area (Å²) in [5, 5.41) is 7.80. The van der Waals surface area contributed by atoms with Gasteiger partial charge < -0.3 is 4.98 Å². The molecule has 0 atom stereocenters. The van der Waals surface area contributed by atoms with Gasteiger partial charge in [-0.05, 0) is 29.8 Å². The topological polar surface area (TPSA) is 57.4 Å². The minimum Gasteiger partial charge on any atom is -0.345 e. The van der Waals surface area contributed by atoms with Gasteiger partial charge in [-0.15, -0.1) is 0 Å². The highest BCUT2D eigenvalue weighted by Gasteiger charge is 2.12. The molecule has 24 heavy (non-hydrogen) atoms. The van der Waals surface area contributed by atoms with Crippen LogP contribution in [-0.2, 0) is 0 Å². The number of halogens is 2. The SMILES string of the molecule is Fc1ccc(C=Cc2n[nH]c3cc(F)c(-c4ncc[nH]4)cc23)cc1. The molecule has 0 amide bonds. The summed E-state index contributed by atoms with van der Waals surface area (Å²) in [7, 11) is 0. The van der Waals surface area contributed by atoms with Gasteiger partial charge in [0.25, 0.3) is 0 Å². The summed E-state index contributed by atoms with van der Waals surface area (Å²) in [6.45, 7) is 0. The molecule has 0 spiro atoms. The molecule has 118 valence electrons. The van der Waals surface area contributed by atoms with E-state index in [4.69, 9.17) is 0 Å². The lowest BCUT2D eigenvalue weighted by Gasteiger charge is -2.00. The van der Waals surface area contributed by atoms with Crippen molar-refractivity contribution in [2.45, 2.75) is 0 Å². The molecule has 0 saturated heterocycles.